The summed E-state index contributed by atoms with van der Waals surface area (Å²) in [5.74, 6) is 0.681. The largest absolute Gasteiger partial charge is 0.493 e. The highest BCUT2D eigenvalue weighted by atomic mass is 35.5. The monoisotopic (exact) mass is 449 g/mol. The molecule has 2 aliphatic heterocycles. The Morgan fingerprint density at radius 3 is 2.40 bits per heavy atom. The highest BCUT2D eigenvalue weighted by Gasteiger charge is 2.43. The van der Waals surface area contributed by atoms with Crippen LogP contribution in [-0.4, -0.2) is 68.1 Å². The molecule has 2 aliphatic rings. The number of methoxy groups -OCH3 is 2. The van der Waals surface area contributed by atoms with Crippen molar-refractivity contribution in [3.63, 3.8) is 0 Å². The van der Waals surface area contributed by atoms with Crippen molar-refractivity contribution in [3.8, 4) is 11.5 Å². The van der Waals surface area contributed by atoms with Gasteiger partial charge in [-0.3, -0.25) is 19.4 Å². The second-order valence-corrected chi connectivity index (χ2v) is 9.14. The van der Waals surface area contributed by atoms with E-state index >= 15 is 0 Å². The zero-order valence-corrected chi connectivity index (χ0v) is 18.5. The van der Waals surface area contributed by atoms with Gasteiger partial charge in [0.2, 0.25) is 5.91 Å². The quantitative estimate of drug-likeness (QED) is 0.632. The minimum atomic E-state index is -0.413. The lowest BCUT2D eigenvalue weighted by atomic mass is 10.1. The van der Waals surface area contributed by atoms with E-state index in [4.69, 9.17) is 21.1 Å². The zero-order chi connectivity index (χ0) is 21.3. The van der Waals surface area contributed by atoms with E-state index in [-0.39, 0.29) is 18.2 Å². The van der Waals surface area contributed by atoms with Gasteiger partial charge in [-0.1, -0.05) is 11.6 Å². The summed E-state index contributed by atoms with van der Waals surface area (Å²) in [5, 5.41) is 0. The molecule has 2 saturated heterocycles. The molecule has 0 aliphatic carbocycles. The number of rotatable bonds is 6. The highest BCUT2D eigenvalue weighted by Crippen LogP contribution is 2.34. The van der Waals surface area contributed by atoms with Crippen molar-refractivity contribution in [1.82, 2.24) is 9.80 Å². The number of carbonyl (C=O) groups is 2. The fourth-order valence-electron chi connectivity index (χ4n) is 4.03. The fourth-order valence-corrected chi connectivity index (χ4v) is 5.16. The van der Waals surface area contributed by atoms with E-state index in [1.54, 1.807) is 36.6 Å². The number of imide groups is 1. The predicted octanol–water partition coefficient (Wildman–Crippen LogP) is 2.87. The van der Waals surface area contributed by atoms with Crippen LogP contribution in [0, 0.1) is 0 Å². The Morgan fingerprint density at radius 2 is 1.77 bits per heavy atom. The molecule has 30 heavy (non-hydrogen) atoms. The van der Waals surface area contributed by atoms with Crippen LogP contribution in [0.2, 0.25) is 4.34 Å². The first-order chi connectivity index (χ1) is 14.5. The van der Waals surface area contributed by atoms with E-state index < -0.39 is 6.04 Å². The number of thiophene rings is 1. The standard InChI is InChI=1S/C21H24ClN3O4S/c1-28-17-5-3-14(11-18(17)29-2)25-20(26)12-16(21(25)27)24-9-7-23(8-10-24)13-15-4-6-19(22)30-15/h3-6,11,16H,7-10,12-13H2,1-2H3/t16-/m0/s1. The average Bonchev–Trinajstić information content (AvgIpc) is 3.30. The van der Waals surface area contributed by atoms with Gasteiger partial charge in [0.05, 0.1) is 36.7 Å². The number of nitrogens with zero attached hydrogens (tertiary/aromatic N) is 3. The predicted molar refractivity (Wildman–Crippen MR) is 117 cm³/mol. The summed E-state index contributed by atoms with van der Waals surface area (Å²) in [6.45, 7) is 4.07. The summed E-state index contributed by atoms with van der Waals surface area (Å²) in [7, 11) is 3.08. The van der Waals surface area contributed by atoms with Gasteiger partial charge in [-0.2, -0.15) is 0 Å². The molecular weight excluding hydrogens is 426 g/mol. The maximum atomic E-state index is 13.1. The molecule has 2 amide bonds. The summed E-state index contributed by atoms with van der Waals surface area (Å²) < 4.78 is 11.4. The van der Waals surface area contributed by atoms with Gasteiger partial charge in [0.1, 0.15) is 0 Å². The molecule has 1 atom stereocenters. The summed E-state index contributed by atoms with van der Waals surface area (Å²) >= 11 is 7.62. The molecule has 0 N–H and O–H groups in total. The third-order valence-corrected chi connectivity index (χ3v) is 6.82. The van der Waals surface area contributed by atoms with Crippen molar-refractivity contribution in [2.75, 3.05) is 45.3 Å². The Bertz CT molecular complexity index is 942. The first kappa shape index (κ1) is 21.1. The maximum Gasteiger partial charge on any atom is 0.251 e. The molecule has 1 aromatic heterocycles. The first-order valence-electron chi connectivity index (χ1n) is 9.79. The molecule has 2 fully saturated rings. The van der Waals surface area contributed by atoms with Crippen LogP contribution in [0.3, 0.4) is 0 Å². The summed E-state index contributed by atoms with van der Waals surface area (Å²) in [6.07, 6.45) is 0.202. The Hall–Kier alpha value is -2.13. The minimum Gasteiger partial charge on any atom is -0.493 e. The SMILES string of the molecule is COc1ccc(N2C(=O)C[C@H](N3CCN(Cc4ccc(Cl)s4)CC3)C2=O)cc1OC. The van der Waals surface area contributed by atoms with Crippen molar-refractivity contribution in [2.24, 2.45) is 0 Å². The van der Waals surface area contributed by atoms with Gasteiger partial charge in [-0.05, 0) is 24.3 Å². The molecule has 0 bridgehead atoms. The zero-order valence-electron chi connectivity index (χ0n) is 17.0. The van der Waals surface area contributed by atoms with E-state index in [2.05, 4.69) is 15.9 Å². The van der Waals surface area contributed by atoms with Crippen LogP contribution in [0.15, 0.2) is 30.3 Å². The normalized spacial score (nSPS) is 20.8. The fraction of sp³-hybridized carbons (Fsp3) is 0.429. The Morgan fingerprint density at radius 1 is 1.03 bits per heavy atom. The molecule has 7 nitrogen and oxygen atoms in total. The topological polar surface area (TPSA) is 62.3 Å². The van der Waals surface area contributed by atoms with E-state index in [9.17, 15) is 9.59 Å². The van der Waals surface area contributed by atoms with Crippen LogP contribution in [0.4, 0.5) is 5.69 Å². The van der Waals surface area contributed by atoms with E-state index in [1.165, 1.54) is 16.9 Å². The third kappa shape index (κ3) is 4.18. The maximum absolute atomic E-state index is 13.1. The molecule has 0 unspecified atom stereocenters. The van der Waals surface area contributed by atoms with E-state index in [0.29, 0.717) is 17.2 Å². The molecule has 9 heteroatoms. The van der Waals surface area contributed by atoms with Crippen molar-refractivity contribution >= 4 is 40.4 Å². The molecule has 4 rings (SSSR count). The number of ether oxygens (including phenoxy) is 2. The number of carbonyl (C=O) groups excluding carboxylic acids is 2. The molecule has 0 radical (unpaired) electrons. The second kappa shape index (κ2) is 8.93. The molecule has 160 valence electrons. The Kier molecular flexibility index (Phi) is 6.29. The van der Waals surface area contributed by atoms with Crippen LogP contribution >= 0.6 is 22.9 Å². The molecule has 0 saturated carbocycles. The lowest BCUT2D eigenvalue weighted by Crippen LogP contribution is -2.52. The van der Waals surface area contributed by atoms with Crippen LogP contribution in [0.25, 0.3) is 0 Å². The van der Waals surface area contributed by atoms with Gasteiger partial charge >= 0.3 is 0 Å². The Labute approximate surface area is 184 Å². The van der Waals surface area contributed by atoms with E-state index in [0.717, 1.165) is 37.1 Å². The van der Waals surface area contributed by atoms with Crippen LogP contribution in [0.1, 0.15) is 11.3 Å². The number of hydrogen-bond acceptors (Lipinski definition) is 7. The molecule has 0 spiro atoms. The van der Waals surface area contributed by atoms with Crippen molar-refractivity contribution in [2.45, 2.75) is 19.0 Å². The highest BCUT2D eigenvalue weighted by molar-refractivity contribution is 7.16. The summed E-state index contributed by atoms with van der Waals surface area (Å²) in [5.41, 5.74) is 0.512. The first-order valence-corrected chi connectivity index (χ1v) is 11.0. The number of hydrogen-bond donors (Lipinski definition) is 0. The third-order valence-electron chi connectivity index (χ3n) is 5.60. The average molecular weight is 450 g/mol. The molecule has 3 heterocycles. The van der Waals surface area contributed by atoms with Gasteiger partial charge in [0.15, 0.2) is 11.5 Å². The lowest BCUT2D eigenvalue weighted by molar-refractivity contribution is -0.123. The molecular formula is C21H24ClN3O4S. The number of amides is 2. The summed E-state index contributed by atoms with van der Waals surface area (Å²) in [4.78, 5) is 32.8. The van der Waals surface area contributed by atoms with Crippen molar-refractivity contribution < 1.29 is 19.1 Å². The minimum absolute atomic E-state index is 0.175. The number of anilines is 1. The van der Waals surface area contributed by atoms with Crippen molar-refractivity contribution in [1.29, 1.82) is 0 Å². The molecule has 1 aromatic carbocycles. The van der Waals surface area contributed by atoms with Crippen LogP contribution in [-0.2, 0) is 16.1 Å². The van der Waals surface area contributed by atoms with Gasteiger partial charge in [-0.25, -0.2) is 4.90 Å². The molecule has 2 aromatic rings. The number of halogens is 1. The van der Waals surface area contributed by atoms with Gasteiger partial charge in [0, 0.05) is 43.7 Å². The van der Waals surface area contributed by atoms with E-state index in [1.807, 2.05) is 6.07 Å². The Balaban J connectivity index is 1.41. The lowest BCUT2D eigenvalue weighted by Gasteiger charge is -2.36. The van der Waals surface area contributed by atoms with Gasteiger partial charge in [0.25, 0.3) is 5.91 Å². The number of piperazine rings is 1. The number of benzene rings is 1. The van der Waals surface area contributed by atoms with Crippen LogP contribution in [0.5, 0.6) is 11.5 Å². The van der Waals surface area contributed by atoms with Gasteiger partial charge in [-0.15, -0.1) is 11.3 Å². The van der Waals surface area contributed by atoms with Crippen molar-refractivity contribution in [3.05, 3.63) is 39.5 Å². The smallest absolute Gasteiger partial charge is 0.251 e. The van der Waals surface area contributed by atoms with Gasteiger partial charge < -0.3 is 9.47 Å². The van der Waals surface area contributed by atoms with Crippen LogP contribution < -0.4 is 14.4 Å². The second-order valence-electron chi connectivity index (χ2n) is 7.34. The summed E-state index contributed by atoms with van der Waals surface area (Å²) in [6, 6.07) is 8.65.